The lowest BCUT2D eigenvalue weighted by atomic mass is 9.77. The fourth-order valence-electron chi connectivity index (χ4n) is 4.95. The smallest absolute Gasteiger partial charge is 0.407 e. The van der Waals surface area contributed by atoms with Gasteiger partial charge < -0.3 is 19.9 Å². The van der Waals surface area contributed by atoms with E-state index in [0.717, 1.165) is 63.0 Å². The van der Waals surface area contributed by atoms with Crippen molar-refractivity contribution in [2.24, 2.45) is 5.41 Å². The van der Waals surface area contributed by atoms with E-state index in [-0.39, 0.29) is 17.4 Å². The van der Waals surface area contributed by atoms with E-state index in [4.69, 9.17) is 16.3 Å². The van der Waals surface area contributed by atoms with Crippen molar-refractivity contribution in [2.45, 2.75) is 38.3 Å². The third kappa shape index (κ3) is 5.65. The van der Waals surface area contributed by atoms with Crippen LogP contribution in [0.25, 0.3) is 0 Å². The van der Waals surface area contributed by atoms with Crippen molar-refractivity contribution >= 4 is 23.6 Å². The van der Waals surface area contributed by atoms with E-state index >= 15 is 0 Å². The second kappa shape index (κ2) is 10.5. The Morgan fingerprint density at radius 1 is 1.18 bits per heavy atom. The number of nitrogens with zero attached hydrogens (tertiary/aromatic N) is 3. The van der Waals surface area contributed by atoms with Crippen molar-refractivity contribution in [1.29, 1.82) is 0 Å². The lowest BCUT2D eigenvalue weighted by Crippen LogP contribution is -2.45. The monoisotopic (exact) mass is 470 g/mol. The minimum absolute atomic E-state index is 0.159. The summed E-state index contributed by atoms with van der Waals surface area (Å²) in [6.45, 7) is 4.06. The third-order valence-electron chi connectivity index (χ3n) is 6.99. The number of benzene rings is 1. The lowest BCUT2D eigenvalue weighted by molar-refractivity contribution is -0.138. The summed E-state index contributed by atoms with van der Waals surface area (Å²) in [5, 5.41) is 3.59. The molecule has 0 radical (unpaired) electrons. The van der Waals surface area contributed by atoms with Crippen LogP contribution in [0.4, 0.5) is 4.79 Å². The summed E-state index contributed by atoms with van der Waals surface area (Å²) in [6, 6.07) is 11.3. The van der Waals surface area contributed by atoms with Gasteiger partial charge in [0.15, 0.2) is 0 Å². The van der Waals surface area contributed by atoms with Gasteiger partial charge in [0.25, 0.3) is 0 Å². The average molecular weight is 471 g/mol. The number of hydrogen-bond donors (Lipinski definition) is 1. The van der Waals surface area contributed by atoms with E-state index in [1.807, 2.05) is 47.5 Å². The van der Waals surface area contributed by atoms with E-state index in [9.17, 15) is 9.59 Å². The molecule has 1 unspecified atom stereocenters. The number of methoxy groups -OCH3 is 1. The first-order chi connectivity index (χ1) is 16.0. The number of aromatic nitrogens is 1. The van der Waals surface area contributed by atoms with Gasteiger partial charge in [-0.1, -0.05) is 29.8 Å². The Balaban J connectivity index is 1.31. The maximum absolute atomic E-state index is 13.2. The highest BCUT2D eigenvalue weighted by Gasteiger charge is 2.47. The van der Waals surface area contributed by atoms with Gasteiger partial charge >= 0.3 is 6.09 Å². The first-order valence-corrected chi connectivity index (χ1v) is 11.9. The summed E-state index contributed by atoms with van der Waals surface area (Å²) in [6.07, 6.45) is 6.59. The molecule has 7 nitrogen and oxygen atoms in total. The fraction of sp³-hybridized carbons (Fsp3) is 0.480. The number of pyridine rings is 1. The molecule has 1 spiro atoms. The maximum atomic E-state index is 13.2. The number of hydrogen-bond acceptors (Lipinski definition) is 5. The summed E-state index contributed by atoms with van der Waals surface area (Å²) < 4.78 is 4.81. The molecule has 4 rings (SSSR count). The zero-order valence-corrected chi connectivity index (χ0v) is 19.8. The number of halogens is 1. The van der Waals surface area contributed by atoms with E-state index in [1.54, 1.807) is 6.20 Å². The number of piperidine rings is 1. The van der Waals surface area contributed by atoms with Crippen molar-refractivity contribution < 1.29 is 14.3 Å². The van der Waals surface area contributed by atoms with Crippen LogP contribution in [0.3, 0.4) is 0 Å². The number of alkyl carbamates (subject to hydrolysis) is 1. The Morgan fingerprint density at radius 3 is 2.58 bits per heavy atom. The number of rotatable bonds is 7. The Labute approximate surface area is 200 Å². The first kappa shape index (κ1) is 23.5. The van der Waals surface area contributed by atoms with Gasteiger partial charge in [-0.3, -0.25) is 9.78 Å². The van der Waals surface area contributed by atoms with Crippen LogP contribution in [-0.4, -0.2) is 60.1 Å². The molecule has 176 valence electrons. The van der Waals surface area contributed by atoms with Crippen LogP contribution in [-0.2, 0) is 16.1 Å². The first-order valence-electron chi connectivity index (χ1n) is 11.5. The van der Waals surface area contributed by atoms with Crippen molar-refractivity contribution in [3.8, 4) is 0 Å². The molecule has 1 atom stereocenters. The zero-order chi connectivity index (χ0) is 23.3. The van der Waals surface area contributed by atoms with Crippen LogP contribution in [0.15, 0.2) is 48.8 Å². The molecule has 2 saturated heterocycles. The number of ether oxygens (including phenoxy) is 1. The van der Waals surface area contributed by atoms with Crippen molar-refractivity contribution in [3.63, 3.8) is 0 Å². The van der Waals surface area contributed by atoms with E-state index < -0.39 is 6.09 Å². The van der Waals surface area contributed by atoms with Crippen LogP contribution >= 0.6 is 11.6 Å². The van der Waals surface area contributed by atoms with Crippen LogP contribution in [0.5, 0.6) is 0 Å². The highest BCUT2D eigenvalue weighted by molar-refractivity contribution is 6.30. The molecule has 1 aromatic heterocycles. The van der Waals surface area contributed by atoms with Crippen molar-refractivity contribution in [1.82, 2.24) is 20.1 Å². The molecular weight excluding hydrogens is 440 g/mol. The molecule has 1 aromatic carbocycles. The second-order valence-electron chi connectivity index (χ2n) is 8.99. The number of carbonyl (C=O) groups excluding carboxylic acids is 2. The summed E-state index contributed by atoms with van der Waals surface area (Å²) in [7, 11) is 1.37. The molecule has 8 heteroatoms. The van der Waals surface area contributed by atoms with Crippen LogP contribution < -0.4 is 5.32 Å². The Kier molecular flexibility index (Phi) is 7.50. The molecule has 1 N–H and O–H groups in total. The van der Waals surface area contributed by atoms with Crippen LogP contribution in [0, 0.1) is 5.41 Å². The molecule has 2 aromatic rings. The standard InChI is InChI=1S/C25H31ClN4O3/c1-33-24(32)28-22(20-4-6-21(26)7-5-20)8-13-29-14-9-25(10-15-29)11-16-30(23(25)31)18-19-3-2-12-27-17-19/h2-7,12,17,22H,8-11,13-16,18H2,1H3,(H,28,32). The van der Waals surface area contributed by atoms with Crippen LogP contribution in [0.2, 0.25) is 5.02 Å². The van der Waals surface area contributed by atoms with Crippen molar-refractivity contribution in [3.05, 3.63) is 64.9 Å². The Morgan fingerprint density at radius 2 is 1.91 bits per heavy atom. The normalized spacial score (nSPS) is 19.0. The number of carbonyl (C=O) groups is 2. The minimum Gasteiger partial charge on any atom is -0.453 e. The van der Waals surface area contributed by atoms with Gasteiger partial charge in [0.2, 0.25) is 5.91 Å². The summed E-state index contributed by atoms with van der Waals surface area (Å²) in [5.41, 5.74) is 1.85. The quantitative estimate of drug-likeness (QED) is 0.661. The van der Waals surface area contributed by atoms with Gasteiger partial charge in [0.1, 0.15) is 0 Å². The van der Waals surface area contributed by atoms with E-state index in [0.29, 0.717) is 11.6 Å². The van der Waals surface area contributed by atoms with Crippen LogP contribution in [0.1, 0.15) is 42.9 Å². The maximum Gasteiger partial charge on any atom is 0.407 e. The Bertz CT molecular complexity index is 946. The molecule has 2 aliphatic rings. The minimum atomic E-state index is -0.446. The fourth-order valence-corrected chi connectivity index (χ4v) is 5.08. The predicted octanol–water partition coefficient (Wildman–Crippen LogP) is 4.04. The van der Waals surface area contributed by atoms with Gasteiger partial charge in [0.05, 0.1) is 18.6 Å². The molecule has 2 aliphatic heterocycles. The van der Waals surface area contributed by atoms with Crippen molar-refractivity contribution in [2.75, 3.05) is 33.3 Å². The molecule has 33 heavy (non-hydrogen) atoms. The topological polar surface area (TPSA) is 74.8 Å². The lowest BCUT2D eigenvalue weighted by Gasteiger charge is -2.38. The summed E-state index contributed by atoms with van der Waals surface area (Å²) in [4.78, 5) is 33.7. The zero-order valence-electron chi connectivity index (χ0n) is 19.0. The summed E-state index contributed by atoms with van der Waals surface area (Å²) >= 11 is 6.02. The van der Waals surface area contributed by atoms with Gasteiger partial charge in [0, 0.05) is 37.1 Å². The van der Waals surface area contributed by atoms with E-state index in [2.05, 4.69) is 15.2 Å². The molecule has 0 saturated carbocycles. The highest BCUT2D eigenvalue weighted by atomic mass is 35.5. The number of likely N-dealkylation sites (tertiary alicyclic amines) is 2. The highest BCUT2D eigenvalue weighted by Crippen LogP contribution is 2.42. The van der Waals surface area contributed by atoms with Gasteiger partial charge in [-0.05, 0) is 68.1 Å². The van der Waals surface area contributed by atoms with Gasteiger partial charge in [-0.2, -0.15) is 0 Å². The Hall–Kier alpha value is -2.64. The largest absolute Gasteiger partial charge is 0.453 e. The third-order valence-corrected chi connectivity index (χ3v) is 7.25. The molecule has 2 amide bonds. The molecule has 2 fully saturated rings. The van der Waals surface area contributed by atoms with Gasteiger partial charge in [-0.25, -0.2) is 4.79 Å². The SMILES string of the molecule is COC(=O)NC(CCN1CCC2(CC1)CCN(Cc1cccnc1)C2=O)c1ccc(Cl)cc1. The average Bonchev–Trinajstić information content (AvgIpc) is 3.13. The van der Waals surface area contributed by atoms with E-state index in [1.165, 1.54) is 7.11 Å². The molecule has 3 heterocycles. The van der Waals surface area contributed by atoms with Gasteiger partial charge in [-0.15, -0.1) is 0 Å². The molecule has 0 aliphatic carbocycles. The summed E-state index contributed by atoms with van der Waals surface area (Å²) in [5.74, 6) is 0.289. The predicted molar refractivity (Wildman–Crippen MR) is 127 cm³/mol. The second-order valence-corrected chi connectivity index (χ2v) is 9.43. The molecular formula is C25H31ClN4O3. The number of nitrogens with one attached hydrogen (secondary N) is 1. The molecule has 0 bridgehead atoms. The number of amides is 2.